The molecule has 1 N–H and O–H groups in total. The SMILES string of the molecule is Cc1ccc2c(c1)C(=O)N(CCCC(=O)OCC(=O)Nc1ccc(Cl)cc1[N+](=O)[O-])C2=O. The van der Waals surface area contributed by atoms with Crippen molar-refractivity contribution in [1.82, 2.24) is 4.90 Å². The van der Waals surface area contributed by atoms with E-state index in [2.05, 4.69) is 5.32 Å². The Bertz CT molecular complexity index is 1130. The quantitative estimate of drug-likeness (QED) is 0.277. The minimum Gasteiger partial charge on any atom is -0.456 e. The number of nitrogens with one attached hydrogen (secondary N) is 1. The molecule has 0 spiro atoms. The van der Waals surface area contributed by atoms with Crippen LogP contribution in [-0.2, 0) is 14.3 Å². The van der Waals surface area contributed by atoms with Gasteiger partial charge in [-0.2, -0.15) is 0 Å². The van der Waals surface area contributed by atoms with Gasteiger partial charge in [0.25, 0.3) is 23.4 Å². The van der Waals surface area contributed by atoms with Crippen LogP contribution in [0.1, 0.15) is 39.1 Å². The van der Waals surface area contributed by atoms with Crippen LogP contribution in [-0.4, -0.2) is 46.7 Å². The Balaban J connectivity index is 1.45. The maximum atomic E-state index is 12.4. The highest BCUT2D eigenvalue weighted by molar-refractivity contribution is 6.31. The fourth-order valence-electron chi connectivity index (χ4n) is 3.16. The minimum atomic E-state index is -0.764. The number of amides is 3. The van der Waals surface area contributed by atoms with Crippen molar-refractivity contribution in [1.29, 1.82) is 0 Å². The van der Waals surface area contributed by atoms with Crippen LogP contribution in [0.3, 0.4) is 0 Å². The van der Waals surface area contributed by atoms with E-state index in [9.17, 15) is 29.3 Å². The van der Waals surface area contributed by atoms with Gasteiger partial charge in [-0.25, -0.2) is 0 Å². The molecule has 0 aromatic heterocycles. The van der Waals surface area contributed by atoms with Crippen LogP contribution in [0.15, 0.2) is 36.4 Å². The van der Waals surface area contributed by atoms with Gasteiger partial charge in [0.05, 0.1) is 16.1 Å². The van der Waals surface area contributed by atoms with Crippen LogP contribution in [0.2, 0.25) is 5.02 Å². The second kappa shape index (κ2) is 9.56. The number of imide groups is 1. The predicted octanol–water partition coefficient (Wildman–Crippen LogP) is 3.11. The summed E-state index contributed by atoms with van der Waals surface area (Å²) in [5, 5.41) is 13.5. The standard InChI is InChI=1S/C21H18ClN3O7/c1-12-4-6-14-15(9-12)21(29)24(20(14)28)8-2-3-19(27)32-11-18(26)23-16-7-5-13(22)10-17(16)25(30)31/h4-7,9-10H,2-3,8,11H2,1H3,(H,23,26). The number of anilines is 1. The van der Waals surface area contributed by atoms with Gasteiger partial charge >= 0.3 is 5.97 Å². The fraction of sp³-hybridized carbons (Fsp3) is 0.238. The van der Waals surface area contributed by atoms with Crippen molar-refractivity contribution in [3.63, 3.8) is 0 Å². The molecule has 2 aromatic rings. The summed E-state index contributed by atoms with van der Waals surface area (Å²) in [5.74, 6) is -2.30. The Hall–Kier alpha value is -3.79. The summed E-state index contributed by atoms with van der Waals surface area (Å²) in [6.45, 7) is 1.20. The molecule has 3 amide bonds. The van der Waals surface area contributed by atoms with E-state index in [1.807, 2.05) is 6.92 Å². The summed E-state index contributed by atoms with van der Waals surface area (Å²) in [4.78, 5) is 60.0. The van der Waals surface area contributed by atoms with E-state index in [1.165, 1.54) is 12.1 Å². The summed E-state index contributed by atoms with van der Waals surface area (Å²) < 4.78 is 4.86. The zero-order valence-electron chi connectivity index (χ0n) is 16.9. The predicted molar refractivity (Wildman–Crippen MR) is 113 cm³/mol. The number of esters is 1. The number of nitro benzene ring substituents is 1. The first-order valence-electron chi connectivity index (χ1n) is 9.53. The summed E-state index contributed by atoms with van der Waals surface area (Å²) in [5.41, 5.74) is 1.05. The number of nitro groups is 1. The number of fused-ring (bicyclic) bond motifs is 1. The van der Waals surface area contributed by atoms with Gasteiger partial charge in [-0.05, 0) is 37.6 Å². The Morgan fingerprint density at radius 2 is 1.84 bits per heavy atom. The molecule has 0 unspecified atom stereocenters. The Labute approximate surface area is 187 Å². The van der Waals surface area contributed by atoms with Gasteiger partial charge in [0, 0.05) is 24.1 Å². The molecule has 0 radical (unpaired) electrons. The van der Waals surface area contributed by atoms with Crippen molar-refractivity contribution in [3.8, 4) is 0 Å². The highest BCUT2D eigenvalue weighted by atomic mass is 35.5. The highest BCUT2D eigenvalue weighted by Gasteiger charge is 2.35. The van der Waals surface area contributed by atoms with E-state index < -0.39 is 40.9 Å². The zero-order valence-corrected chi connectivity index (χ0v) is 17.7. The maximum Gasteiger partial charge on any atom is 0.306 e. The number of halogens is 1. The normalized spacial score (nSPS) is 12.5. The number of hydrogen-bond acceptors (Lipinski definition) is 7. The first-order valence-corrected chi connectivity index (χ1v) is 9.91. The average molecular weight is 460 g/mol. The van der Waals surface area contributed by atoms with Crippen molar-refractivity contribution in [3.05, 3.63) is 68.2 Å². The molecule has 0 aliphatic carbocycles. The molecule has 2 aromatic carbocycles. The van der Waals surface area contributed by atoms with Crippen LogP contribution >= 0.6 is 11.6 Å². The molecule has 1 heterocycles. The lowest BCUT2D eigenvalue weighted by Gasteiger charge is -2.13. The third kappa shape index (κ3) is 5.09. The van der Waals surface area contributed by atoms with Gasteiger partial charge in [-0.15, -0.1) is 0 Å². The summed E-state index contributed by atoms with van der Waals surface area (Å²) in [6, 6.07) is 8.72. The van der Waals surface area contributed by atoms with E-state index >= 15 is 0 Å². The lowest BCUT2D eigenvalue weighted by molar-refractivity contribution is -0.383. The van der Waals surface area contributed by atoms with Gasteiger partial charge in [0.1, 0.15) is 5.69 Å². The Kier molecular flexibility index (Phi) is 6.84. The van der Waals surface area contributed by atoms with Gasteiger partial charge in [0.15, 0.2) is 6.61 Å². The van der Waals surface area contributed by atoms with Crippen molar-refractivity contribution < 1.29 is 28.8 Å². The summed E-state index contributed by atoms with van der Waals surface area (Å²) in [7, 11) is 0. The molecule has 11 heteroatoms. The number of aryl methyl sites for hydroxylation is 1. The number of carbonyl (C=O) groups excluding carboxylic acids is 4. The molecule has 166 valence electrons. The molecule has 0 bridgehead atoms. The van der Waals surface area contributed by atoms with Crippen molar-refractivity contribution >= 4 is 46.7 Å². The monoisotopic (exact) mass is 459 g/mol. The number of carbonyl (C=O) groups is 4. The minimum absolute atomic E-state index is 0.0314. The van der Waals surface area contributed by atoms with E-state index in [4.69, 9.17) is 16.3 Å². The molecule has 1 aliphatic rings. The first-order chi connectivity index (χ1) is 15.2. The largest absolute Gasteiger partial charge is 0.456 e. The summed E-state index contributed by atoms with van der Waals surface area (Å²) in [6.07, 6.45) is 0.0361. The average Bonchev–Trinajstić information content (AvgIpc) is 2.97. The second-order valence-corrected chi connectivity index (χ2v) is 7.48. The molecular formula is C21H18ClN3O7. The number of nitrogens with zero attached hydrogens (tertiary/aromatic N) is 2. The van der Waals surface area contributed by atoms with E-state index in [0.29, 0.717) is 11.1 Å². The van der Waals surface area contributed by atoms with Crippen LogP contribution in [0.25, 0.3) is 0 Å². The molecule has 10 nitrogen and oxygen atoms in total. The third-order valence-electron chi connectivity index (χ3n) is 4.68. The molecule has 0 fully saturated rings. The van der Waals surface area contributed by atoms with Crippen LogP contribution in [0, 0.1) is 17.0 Å². The topological polar surface area (TPSA) is 136 Å². The van der Waals surface area contributed by atoms with Gasteiger partial charge < -0.3 is 10.1 Å². The molecule has 1 aliphatic heterocycles. The first kappa shape index (κ1) is 22.9. The van der Waals surface area contributed by atoms with E-state index in [-0.39, 0.29) is 30.1 Å². The molecule has 0 saturated carbocycles. The van der Waals surface area contributed by atoms with Crippen molar-refractivity contribution in [2.45, 2.75) is 19.8 Å². The van der Waals surface area contributed by atoms with Crippen LogP contribution in [0.4, 0.5) is 11.4 Å². The molecule has 0 saturated heterocycles. The van der Waals surface area contributed by atoms with Gasteiger partial charge in [-0.1, -0.05) is 23.2 Å². The van der Waals surface area contributed by atoms with E-state index in [1.54, 1.807) is 18.2 Å². The molecular weight excluding hydrogens is 442 g/mol. The second-order valence-electron chi connectivity index (χ2n) is 7.04. The Morgan fingerprint density at radius 1 is 1.12 bits per heavy atom. The summed E-state index contributed by atoms with van der Waals surface area (Å²) >= 11 is 5.71. The fourth-order valence-corrected chi connectivity index (χ4v) is 3.32. The Morgan fingerprint density at radius 3 is 2.56 bits per heavy atom. The number of benzene rings is 2. The number of ether oxygens (including phenoxy) is 1. The zero-order chi connectivity index (χ0) is 23.4. The van der Waals surface area contributed by atoms with Crippen molar-refractivity contribution in [2.75, 3.05) is 18.5 Å². The van der Waals surface area contributed by atoms with Crippen LogP contribution < -0.4 is 5.32 Å². The molecule has 0 atom stereocenters. The van der Waals surface area contributed by atoms with Crippen molar-refractivity contribution in [2.24, 2.45) is 0 Å². The van der Waals surface area contributed by atoms with E-state index in [0.717, 1.165) is 16.5 Å². The third-order valence-corrected chi connectivity index (χ3v) is 4.92. The maximum absolute atomic E-state index is 12.4. The molecule has 3 rings (SSSR count). The highest BCUT2D eigenvalue weighted by Crippen LogP contribution is 2.27. The molecule has 32 heavy (non-hydrogen) atoms. The number of hydrogen-bond donors (Lipinski definition) is 1. The number of rotatable bonds is 8. The van der Waals surface area contributed by atoms with Gasteiger partial charge in [-0.3, -0.25) is 34.2 Å². The lowest BCUT2D eigenvalue weighted by atomic mass is 10.1. The lowest BCUT2D eigenvalue weighted by Crippen LogP contribution is -2.31. The van der Waals surface area contributed by atoms with Crippen LogP contribution in [0.5, 0.6) is 0 Å². The smallest absolute Gasteiger partial charge is 0.306 e. The van der Waals surface area contributed by atoms with Gasteiger partial charge in [0.2, 0.25) is 0 Å².